The third kappa shape index (κ3) is 6.07. The van der Waals surface area contributed by atoms with Crippen LogP contribution in [0.1, 0.15) is 79.9 Å². The Morgan fingerprint density at radius 2 is 1.69 bits per heavy atom. The van der Waals surface area contributed by atoms with Crippen LogP contribution in [0.5, 0.6) is 0 Å². The molecule has 36 heavy (non-hydrogen) atoms. The molecule has 1 N–H and O–H groups in total. The Kier molecular flexibility index (Phi) is 8.17. The van der Waals surface area contributed by atoms with Crippen LogP contribution in [0.15, 0.2) is 66.7 Å². The number of carbonyl (C=O) groups is 1. The Balaban J connectivity index is 1.16. The molecule has 1 saturated heterocycles. The number of nitrogens with one attached hydrogen (secondary N) is 1. The normalized spacial score (nSPS) is 18.0. The number of amides is 1. The van der Waals surface area contributed by atoms with Crippen LogP contribution in [0.25, 0.3) is 0 Å². The highest BCUT2D eigenvalue weighted by atomic mass is 16.2. The Labute approximate surface area is 215 Å². The first-order valence-electron chi connectivity index (χ1n) is 13.9. The first kappa shape index (κ1) is 24.8. The van der Waals surface area contributed by atoms with E-state index in [4.69, 9.17) is 5.10 Å². The summed E-state index contributed by atoms with van der Waals surface area (Å²) in [5.74, 6) is 1.04. The minimum Gasteiger partial charge on any atom is -0.349 e. The summed E-state index contributed by atoms with van der Waals surface area (Å²) in [4.78, 5) is 15.3. The summed E-state index contributed by atoms with van der Waals surface area (Å²) < 4.78 is 2.22. The fraction of sp³-hybridized carbons (Fsp3) is 0.484. The van der Waals surface area contributed by atoms with Gasteiger partial charge in [0.25, 0.3) is 0 Å². The summed E-state index contributed by atoms with van der Waals surface area (Å²) in [7, 11) is 0. The Bertz CT molecular complexity index is 1100. The lowest BCUT2D eigenvalue weighted by molar-refractivity contribution is -0.128. The Hall–Kier alpha value is -2.92. The molecule has 1 amide bonds. The molecular formula is C31H40N4O. The van der Waals surface area contributed by atoms with Crippen molar-refractivity contribution in [2.45, 2.75) is 70.4 Å². The number of carbonyl (C=O) groups excluding carboxylic acids is 1. The number of piperidine rings is 1. The van der Waals surface area contributed by atoms with Crippen molar-refractivity contribution in [1.82, 2.24) is 20.0 Å². The van der Waals surface area contributed by atoms with E-state index in [1.807, 2.05) is 6.07 Å². The van der Waals surface area contributed by atoms with Crippen LogP contribution in [0, 0.1) is 5.92 Å². The second-order valence-electron chi connectivity index (χ2n) is 10.5. The second kappa shape index (κ2) is 11.9. The minimum absolute atomic E-state index is 0.0964. The molecule has 0 spiro atoms. The molecule has 0 bridgehead atoms. The van der Waals surface area contributed by atoms with E-state index in [0.29, 0.717) is 5.92 Å². The van der Waals surface area contributed by atoms with Crippen molar-refractivity contribution in [3.63, 3.8) is 0 Å². The van der Waals surface area contributed by atoms with Gasteiger partial charge in [-0.15, -0.1) is 0 Å². The van der Waals surface area contributed by atoms with Crippen molar-refractivity contribution < 1.29 is 4.79 Å². The molecule has 1 aliphatic heterocycles. The van der Waals surface area contributed by atoms with Gasteiger partial charge in [0.2, 0.25) is 5.91 Å². The van der Waals surface area contributed by atoms with Crippen LogP contribution in [-0.2, 0) is 17.8 Å². The molecule has 190 valence electrons. The van der Waals surface area contributed by atoms with Crippen molar-refractivity contribution in [2.75, 3.05) is 19.6 Å². The van der Waals surface area contributed by atoms with E-state index in [1.165, 1.54) is 41.8 Å². The van der Waals surface area contributed by atoms with E-state index in [2.05, 4.69) is 82.5 Å². The molecular weight excluding hydrogens is 444 g/mol. The first-order valence-corrected chi connectivity index (χ1v) is 13.9. The molecule has 1 aromatic heterocycles. The van der Waals surface area contributed by atoms with Gasteiger partial charge in [0.05, 0.1) is 11.7 Å². The molecule has 2 fully saturated rings. The van der Waals surface area contributed by atoms with E-state index in [9.17, 15) is 4.79 Å². The van der Waals surface area contributed by atoms with E-state index in [0.717, 1.165) is 51.9 Å². The van der Waals surface area contributed by atoms with Crippen LogP contribution in [0.2, 0.25) is 0 Å². The zero-order valence-electron chi connectivity index (χ0n) is 21.6. The first-order chi connectivity index (χ1) is 17.7. The van der Waals surface area contributed by atoms with Gasteiger partial charge in [-0.25, -0.2) is 0 Å². The van der Waals surface area contributed by atoms with Gasteiger partial charge in [-0.2, -0.15) is 5.10 Å². The van der Waals surface area contributed by atoms with Crippen molar-refractivity contribution in [3.8, 4) is 0 Å². The Morgan fingerprint density at radius 1 is 1.00 bits per heavy atom. The number of aromatic nitrogens is 2. The molecule has 0 radical (unpaired) electrons. The minimum atomic E-state index is 0.0964. The van der Waals surface area contributed by atoms with Gasteiger partial charge in [0.15, 0.2) is 0 Å². The SMILES string of the molecule is CCn1nc(Cc2ccccc2)cc1C1CCN(CC[C@H](NC(=O)C2CCC2)c2ccccc2)CC1. The highest BCUT2D eigenvalue weighted by Gasteiger charge is 2.28. The van der Waals surface area contributed by atoms with Crippen LogP contribution < -0.4 is 5.32 Å². The average molecular weight is 485 g/mol. The van der Waals surface area contributed by atoms with Gasteiger partial charge < -0.3 is 10.2 Å². The monoisotopic (exact) mass is 484 g/mol. The predicted molar refractivity (Wildman–Crippen MR) is 145 cm³/mol. The quantitative estimate of drug-likeness (QED) is 0.400. The summed E-state index contributed by atoms with van der Waals surface area (Å²) >= 11 is 0. The second-order valence-corrected chi connectivity index (χ2v) is 10.5. The van der Waals surface area contributed by atoms with E-state index in [-0.39, 0.29) is 17.9 Å². The fourth-order valence-electron chi connectivity index (χ4n) is 5.69. The maximum atomic E-state index is 12.7. The van der Waals surface area contributed by atoms with Gasteiger partial charge >= 0.3 is 0 Å². The number of nitrogens with zero attached hydrogens (tertiary/aromatic N) is 3. The van der Waals surface area contributed by atoms with E-state index >= 15 is 0 Å². The standard InChI is InChI=1S/C31H40N4O/c1-2-35-30(23-28(33-35)22-24-10-5-3-6-11-24)26-16-19-34(20-17-26)21-18-29(25-12-7-4-8-13-25)32-31(36)27-14-9-15-27/h3-8,10-13,23,26-27,29H,2,9,14-22H2,1H3,(H,32,36)/t29-/m0/s1. The number of hydrogen-bond donors (Lipinski definition) is 1. The van der Waals surface area contributed by atoms with E-state index < -0.39 is 0 Å². The number of benzene rings is 2. The maximum Gasteiger partial charge on any atom is 0.223 e. The lowest BCUT2D eigenvalue weighted by atomic mass is 9.84. The summed E-state index contributed by atoms with van der Waals surface area (Å²) in [5.41, 5.74) is 5.11. The summed E-state index contributed by atoms with van der Waals surface area (Å²) in [6, 6.07) is 23.6. The van der Waals surface area contributed by atoms with Crippen molar-refractivity contribution in [2.24, 2.45) is 5.92 Å². The van der Waals surface area contributed by atoms with Gasteiger partial charge in [-0.3, -0.25) is 9.48 Å². The zero-order chi connectivity index (χ0) is 24.7. The molecule has 3 aromatic rings. The number of rotatable bonds is 10. The van der Waals surface area contributed by atoms with Crippen LogP contribution in [-0.4, -0.2) is 40.2 Å². The zero-order valence-corrected chi connectivity index (χ0v) is 21.6. The molecule has 0 unspecified atom stereocenters. The third-order valence-electron chi connectivity index (χ3n) is 8.12. The van der Waals surface area contributed by atoms with Gasteiger partial charge in [-0.1, -0.05) is 67.1 Å². The summed E-state index contributed by atoms with van der Waals surface area (Å²) in [6.45, 7) is 6.34. The maximum absolute atomic E-state index is 12.7. The van der Waals surface area contributed by atoms with Crippen molar-refractivity contribution >= 4 is 5.91 Å². The molecule has 1 aliphatic carbocycles. The van der Waals surface area contributed by atoms with Crippen LogP contribution in [0.4, 0.5) is 0 Å². The van der Waals surface area contributed by atoms with Crippen molar-refractivity contribution in [3.05, 3.63) is 89.2 Å². The predicted octanol–water partition coefficient (Wildman–Crippen LogP) is 5.72. The van der Waals surface area contributed by atoms with E-state index in [1.54, 1.807) is 0 Å². The third-order valence-corrected chi connectivity index (χ3v) is 8.12. The molecule has 5 heteroatoms. The van der Waals surface area contributed by atoms with Gasteiger partial charge in [0, 0.05) is 37.0 Å². The number of likely N-dealkylation sites (tertiary alicyclic amines) is 1. The molecule has 2 heterocycles. The molecule has 2 aliphatic rings. The summed E-state index contributed by atoms with van der Waals surface area (Å²) in [6.07, 6.45) is 7.47. The fourth-order valence-corrected chi connectivity index (χ4v) is 5.69. The lowest BCUT2D eigenvalue weighted by Gasteiger charge is -2.34. The number of aryl methyl sites for hydroxylation is 1. The van der Waals surface area contributed by atoms with Gasteiger partial charge in [-0.05, 0) is 69.3 Å². The molecule has 1 atom stereocenters. The molecule has 2 aromatic carbocycles. The summed E-state index contributed by atoms with van der Waals surface area (Å²) in [5, 5.41) is 8.30. The highest BCUT2D eigenvalue weighted by molar-refractivity contribution is 5.79. The van der Waals surface area contributed by atoms with Crippen LogP contribution >= 0.6 is 0 Å². The van der Waals surface area contributed by atoms with Crippen LogP contribution in [0.3, 0.4) is 0 Å². The average Bonchev–Trinajstić information content (AvgIpc) is 3.29. The molecule has 1 saturated carbocycles. The largest absolute Gasteiger partial charge is 0.349 e. The molecule has 5 nitrogen and oxygen atoms in total. The molecule has 5 rings (SSSR count). The Morgan fingerprint density at radius 3 is 2.33 bits per heavy atom. The van der Waals surface area contributed by atoms with Crippen molar-refractivity contribution in [1.29, 1.82) is 0 Å². The highest BCUT2D eigenvalue weighted by Crippen LogP contribution is 2.31. The number of hydrogen-bond acceptors (Lipinski definition) is 3. The van der Waals surface area contributed by atoms with Gasteiger partial charge in [0.1, 0.15) is 0 Å². The topological polar surface area (TPSA) is 50.2 Å². The lowest BCUT2D eigenvalue weighted by Crippen LogP contribution is -2.39. The smallest absolute Gasteiger partial charge is 0.223 e.